The molecule has 0 saturated carbocycles. The molecule has 1 amide bonds. The van der Waals surface area contributed by atoms with Gasteiger partial charge in [-0.05, 0) is 56.5 Å². The van der Waals surface area contributed by atoms with Gasteiger partial charge in [-0.25, -0.2) is 4.98 Å². The van der Waals surface area contributed by atoms with E-state index >= 15 is 0 Å². The van der Waals surface area contributed by atoms with Crippen LogP contribution >= 0.6 is 0 Å². The Balaban J connectivity index is 1.64. The van der Waals surface area contributed by atoms with Gasteiger partial charge in [-0.1, -0.05) is 31.2 Å². The fourth-order valence-corrected chi connectivity index (χ4v) is 3.33. The standard InChI is InChI=1S/C23H29N3O2/c1-4-22(27)24-18(3)23-25-20-12-5-6-13-21(20)26(23)14-7-8-15-28-19-11-9-10-17(2)16-19/h5-6,9-13,16,18H,4,7-8,14-15H2,1-3H3,(H,24,27). The van der Waals surface area contributed by atoms with Gasteiger partial charge in [0.15, 0.2) is 0 Å². The molecule has 5 nitrogen and oxygen atoms in total. The second kappa shape index (κ2) is 9.40. The number of hydrogen-bond acceptors (Lipinski definition) is 3. The van der Waals surface area contributed by atoms with Crippen molar-refractivity contribution in [3.63, 3.8) is 0 Å². The van der Waals surface area contributed by atoms with E-state index in [1.807, 2.05) is 44.2 Å². The lowest BCUT2D eigenvalue weighted by Crippen LogP contribution is -2.28. The second-order valence-corrected chi connectivity index (χ2v) is 7.13. The predicted octanol–water partition coefficient (Wildman–Crippen LogP) is 4.79. The molecule has 5 heteroatoms. The number of unbranched alkanes of at least 4 members (excludes halogenated alkanes) is 1. The first-order chi connectivity index (χ1) is 13.6. The Bertz CT molecular complexity index is 932. The molecule has 0 bridgehead atoms. The molecule has 1 unspecified atom stereocenters. The van der Waals surface area contributed by atoms with E-state index in [0.717, 1.165) is 42.0 Å². The number of nitrogens with one attached hydrogen (secondary N) is 1. The van der Waals surface area contributed by atoms with Gasteiger partial charge in [0.1, 0.15) is 11.6 Å². The Morgan fingerprint density at radius 1 is 1.18 bits per heavy atom. The maximum atomic E-state index is 11.8. The van der Waals surface area contributed by atoms with E-state index in [9.17, 15) is 4.79 Å². The monoisotopic (exact) mass is 379 g/mol. The van der Waals surface area contributed by atoms with Gasteiger partial charge in [0, 0.05) is 13.0 Å². The van der Waals surface area contributed by atoms with Crippen molar-refractivity contribution in [2.75, 3.05) is 6.61 Å². The minimum atomic E-state index is -0.122. The largest absolute Gasteiger partial charge is 0.494 e. The van der Waals surface area contributed by atoms with Crippen LogP contribution in [0.5, 0.6) is 5.75 Å². The summed E-state index contributed by atoms with van der Waals surface area (Å²) >= 11 is 0. The zero-order valence-electron chi connectivity index (χ0n) is 16.9. The topological polar surface area (TPSA) is 56.2 Å². The molecule has 1 atom stereocenters. The molecule has 1 N–H and O–H groups in total. The molecule has 0 aliphatic heterocycles. The highest BCUT2D eigenvalue weighted by Gasteiger charge is 2.17. The van der Waals surface area contributed by atoms with Gasteiger partial charge >= 0.3 is 0 Å². The first-order valence-corrected chi connectivity index (χ1v) is 10.0. The Kier molecular flexibility index (Phi) is 6.69. The summed E-state index contributed by atoms with van der Waals surface area (Å²) in [6.45, 7) is 7.45. The second-order valence-electron chi connectivity index (χ2n) is 7.13. The van der Waals surface area contributed by atoms with Gasteiger partial charge in [-0.3, -0.25) is 4.79 Å². The summed E-state index contributed by atoms with van der Waals surface area (Å²) in [7, 11) is 0. The van der Waals surface area contributed by atoms with Crippen LogP contribution in [0.1, 0.15) is 50.5 Å². The molecule has 0 saturated heterocycles. The van der Waals surface area contributed by atoms with Crippen LogP contribution in [0.15, 0.2) is 48.5 Å². The maximum absolute atomic E-state index is 11.8. The lowest BCUT2D eigenvalue weighted by Gasteiger charge is -2.16. The summed E-state index contributed by atoms with van der Waals surface area (Å²) in [5.41, 5.74) is 3.27. The molecule has 3 aromatic rings. The van der Waals surface area contributed by atoms with E-state index in [1.54, 1.807) is 0 Å². The number of rotatable bonds is 9. The van der Waals surface area contributed by atoms with Gasteiger partial charge in [0.25, 0.3) is 0 Å². The summed E-state index contributed by atoms with van der Waals surface area (Å²) in [5, 5.41) is 3.03. The average Bonchev–Trinajstić information content (AvgIpc) is 3.06. The zero-order valence-corrected chi connectivity index (χ0v) is 16.9. The van der Waals surface area contributed by atoms with Crippen LogP contribution in [0.25, 0.3) is 11.0 Å². The Labute approximate surface area is 166 Å². The highest BCUT2D eigenvalue weighted by molar-refractivity contribution is 5.77. The minimum Gasteiger partial charge on any atom is -0.494 e. The highest BCUT2D eigenvalue weighted by atomic mass is 16.5. The lowest BCUT2D eigenvalue weighted by atomic mass is 10.2. The normalized spacial score (nSPS) is 12.1. The van der Waals surface area contributed by atoms with Gasteiger partial charge in [0.05, 0.1) is 23.7 Å². The van der Waals surface area contributed by atoms with Gasteiger partial charge in [-0.15, -0.1) is 0 Å². The maximum Gasteiger partial charge on any atom is 0.220 e. The zero-order chi connectivity index (χ0) is 19.9. The predicted molar refractivity (Wildman–Crippen MR) is 112 cm³/mol. The highest BCUT2D eigenvalue weighted by Crippen LogP contribution is 2.22. The Morgan fingerprint density at radius 3 is 2.79 bits per heavy atom. The fraction of sp³-hybridized carbons (Fsp3) is 0.391. The van der Waals surface area contributed by atoms with Crippen molar-refractivity contribution in [2.45, 2.75) is 52.6 Å². The van der Waals surface area contributed by atoms with Crippen LogP contribution in [0.3, 0.4) is 0 Å². The smallest absolute Gasteiger partial charge is 0.220 e. The summed E-state index contributed by atoms with van der Waals surface area (Å²) in [6.07, 6.45) is 2.41. The van der Waals surface area contributed by atoms with Crippen molar-refractivity contribution in [1.82, 2.24) is 14.9 Å². The van der Waals surface area contributed by atoms with Crippen molar-refractivity contribution in [2.24, 2.45) is 0 Å². The van der Waals surface area contributed by atoms with Gasteiger partial charge < -0.3 is 14.6 Å². The van der Waals surface area contributed by atoms with Crippen molar-refractivity contribution < 1.29 is 9.53 Å². The van der Waals surface area contributed by atoms with Crippen molar-refractivity contribution in [1.29, 1.82) is 0 Å². The van der Waals surface area contributed by atoms with Crippen LogP contribution in [-0.2, 0) is 11.3 Å². The molecule has 0 aliphatic carbocycles. The minimum absolute atomic E-state index is 0.0395. The summed E-state index contributed by atoms with van der Waals surface area (Å²) in [6, 6.07) is 16.1. The van der Waals surface area contributed by atoms with Crippen LogP contribution in [-0.4, -0.2) is 22.1 Å². The number of benzene rings is 2. The number of imidazole rings is 1. The molecule has 148 valence electrons. The molecule has 3 rings (SSSR count). The number of nitrogens with zero attached hydrogens (tertiary/aromatic N) is 2. The summed E-state index contributed by atoms with van der Waals surface area (Å²) < 4.78 is 8.08. The van der Waals surface area contributed by atoms with E-state index in [0.29, 0.717) is 13.0 Å². The Morgan fingerprint density at radius 2 is 2.00 bits per heavy atom. The lowest BCUT2D eigenvalue weighted by molar-refractivity contribution is -0.121. The molecule has 0 spiro atoms. The molecular formula is C23H29N3O2. The first kappa shape index (κ1) is 19.9. The van der Waals surface area contributed by atoms with E-state index in [-0.39, 0.29) is 11.9 Å². The molecule has 2 aromatic carbocycles. The van der Waals surface area contributed by atoms with E-state index in [2.05, 4.69) is 35.0 Å². The third-order valence-electron chi connectivity index (χ3n) is 4.80. The molecule has 0 fully saturated rings. The summed E-state index contributed by atoms with van der Waals surface area (Å²) in [4.78, 5) is 16.6. The molecule has 28 heavy (non-hydrogen) atoms. The number of aryl methyl sites for hydroxylation is 2. The number of carbonyl (C=O) groups is 1. The van der Waals surface area contributed by atoms with Crippen molar-refractivity contribution in [3.05, 3.63) is 59.9 Å². The third kappa shape index (κ3) is 4.91. The van der Waals surface area contributed by atoms with Crippen LogP contribution in [0, 0.1) is 6.92 Å². The summed E-state index contributed by atoms with van der Waals surface area (Å²) in [5.74, 6) is 1.87. The molecular weight excluding hydrogens is 350 g/mol. The number of fused-ring (bicyclic) bond motifs is 1. The average molecular weight is 380 g/mol. The molecule has 1 aromatic heterocycles. The van der Waals surface area contributed by atoms with Gasteiger partial charge in [0.2, 0.25) is 5.91 Å². The number of amides is 1. The fourth-order valence-electron chi connectivity index (χ4n) is 3.33. The van der Waals surface area contributed by atoms with Gasteiger partial charge in [-0.2, -0.15) is 0 Å². The first-order valence-electron chi connectivity index (χ1n) is 10.0. The number of aromatic nitrogens is 2. The van der Waals surface area contributed by atoms with Crippen LogP contribution in [0.4, 0.5) is 0 Å². The van der Waals surface area contributed by atoms with Crippen molar-refractivity contribution in [3.8, 4) is 5.75 Å². The molecule has 0 radical (unpaired) electrons. The Hall–Kier alpha value is -2.82. The van der Waals surface area contributed by atoms with Crippen LogP contribution in [0.2, 0.25) is 0 Å². The quantitative estimate of drug-likeness (QED) is 0.544. The van der Waals surface area contributed by atoms with Crippen molar-refractivity contribution >= 4 is 16.9 Å². The number of carbonyl (C=O) groups excluding carboxylic acids is 1. The number of para-hydroxylation sites is 2. The van der Waals surface area contributed by atoms with Crippen LogP contribution < -0.4 is 10.1 Å². The SMILES string of the molecule is CCC(=O)NC(C)c1nc2ccccc2n1CCCCOc1cccc(C)c1. The molecule has 0 aliphatic rings. The van der Waals surface area contributed by atoms with E-state index in [4.69, 9.17) is 9.72 Å². The third-order valence-corrected chi connectivity index (χ3v) is 4.80. The van der Waals surface area contributed by atoms with E-state index < -0.39 is 0 Å². The number of ether oxygens (including phenoxy) is 1. The molecule has 1 heterocycles. The number of hydrogen-bond donors (Lipinski definition) is 1. The van der Waals surface area contributed by atoms with E-state index in [1.165, 1.54) is 5.56 Å².